The van der Waals surface area contributed by atoms with Crippen molar-refractivity contribution in [2.45, 2.75) is 51.2 Å². The number of nitrogens with zero attached hydrogens (tertiary/aromatic N) is 5. The molecule has 0 bridgehead atoms. The SMILES string of the molecule is Cc1c(C(=O)NC2CCN(Cc3ccc(N4CCC(NC(=O)c5cccc(-c6cccnc6)c5)CC4)nc3)CC2)cccc1-c1ccccn1. The highest BCUT2D eigenvalue weighted by atomic mass is 16.2. The Labute approximate surface area is 293 Å². The molecule has 5 heterocycles. The molecule has 0 unspecified atom stereocenters. The fourth-order valence-electron chi connectivity index (χ4n) is 7.03. The van der Waals surface area contributed by atoms with Gasteiger partial charge in [-0.3, -0.25) is 24.5 Å². The molecule has 50 heavy (non-hydrogen) atoms. The number of benzene rings is 2. The Bertz CT molecular complexity index is 1900. The molecule has 0 radical (unpaired) electrons. The summed E-state index contributed by atoms with van der Waals surface area (Å²) in [6.45, 7) is 6.38. The molecule has 9 nitrogen and oxygen atoms in total. The fourth-order valence-corrected chi connectivity index (χ4v) is 7.03. The summed E-state index contributed by atoms with van der Waals surface area (Å²) < 4.78 is 0. The van der Waals surface area contributed by atoms with Crippen LogP contribution in [0.25, 0.3) is 22.4 Å². The molecule has 5 aromatic rings. The first-order valence-electron chi connectivity index (χ1n) is 17.6. The monoisotopic (exact) mass is 665 g/mol. The van der Waals surface area contributed by atoms with Crippen LogP contribution in [0.4, 0.5) is 5.82 Å². The van der Waals surface area contributed by atoms with Gasteiger partial charge in [0.15, 0.2) is 0 Å². The number of carbonyl (C=O) groups is 2. The number of hydrogen-bond acceptors (Lipinski definition) is 7. The normalized spacial score (nSPS) is 15.8. The molecular weight excluding hydrogens is 622 g/mol. The zero-order valence-corrected chi connectivity index (χ0v) is 28.5. The minimum Gasteiger partial charge on any atom is -0.356 e. The van der Waals surface area contributed by atoms with E-state index in [9.17, 15) is 9.59 Å². The van der Waals surface area contributed by atoms with Crippen LogP contribution in [-0.2, 0) is 6.54 Å². The number of amides is 2. The zero-order chi connectivity index (χ0) is 34.3. The van der Waals surface area contributed by atoms with Crippen molar-refractivity contribution in [2.24, 2.45) is 0 Å². The fraction of sp³-hybridized carbons (Fsp3) is 0.293. The molecule has 3 aromatic heterocycles. The van der Waals surface area contributed by atoms with E-state index in [-0.39, 0.29) is 23.9 Å². The number of aromatic nitrogens is 3. The van der Waals surface area contributed by atoms with E-state index < -0.39 is 0 Å². The van der Waals surface area contributed by atoms with Crippen LogP contribution in [0, 0.1) is 6.92 Å². The van der Waals surface area contributed by atoms with Gasteiger partial charge in [0, 0.05) is 91.8 Å². The van der Waals surface area contributed by atoms with E-state index in [0.29, 0.717) is 11.1 Å². The number of nitrogens with one attached hydrogen (secondary N) is 2. The van der Waals surface area contributed by atoms with Crippen molar-refractivity contribution in [3.8, 4) is 22.4 Å². The molecule has 2 amide bonds. The van der Waals surface area contributed by atoms with Crippen molar-refractivity contribution in [1.82, 2.24) is 30.5 Å². The zero-order valence-electron chi connectivity index (χ0n) is 28.5. The molecule has 0 spiro atoms. The van der Waals surface area contributed by atoms with Crippen LogP contribution in [0.2, 0.25) is 0 Å². The Hall–Kier alpha value is -5.41. The van der Waals surface area contributed by atoms with Gasteiger partial charge in [-0.1, -0.05) is 42.5 Å². The van der Waals surface area contributed by atoms with Crippen LogP contribution >= 0.6 is 0 Å². The smallest absolute Gasteiger partial charge is 0.251 e. The van der Waals surface area contributed by atoms with Gasteiger partial charge >= 0.3 is 0 Å². The Morgan fingerprint density at radius 2 is 1.48 bits per heavy atom. The molecule has 9 heteroatoms. The predicted octanol–water partition coefficient (Wildman–Crippen LogP) is 6.31. The van der Waals surface area contributed by atoms with E-state index in [1.807, 2.05) is 92.1 Å². The van der Waals surface area contributed by atoms with Gasteiger partial charge in [0.1, 0.15) is 5.82 Å². The molecule has 7 rings (SSSR count). The number of piperidine rings is 2. The molecule has 254 valence electrons. The molecular formula is C41H43N7O2. The number of rotatable bonds is 9. The number of pyridine rings is 3. The average Bonchev–Trinajstić information content (AvgIpc) is 3.17. The first-order chi connectivity index (χ1) is 24.5. The third-order valence-electron chi connectivity index (χ3n) is 9.93. The number of hydrogen-bond donors (Lipinski definition) is 2. The Morgan fingerprint density at radius 3 is 2.20 bits per heavy atom. The van der Waals surface area contributed by atoms with Gasteiger partial charge in [0.25, 0.3) is 11.8 Å². The van der Waals surface area contributed by atoms with Gasteiger partial charge in [0.2, 0.25) is 0 Å². The molecule has 2 N–H and O–H groups in total. The van der Waals surface area contributed by atoms with E-state index >= 15 is 0 Å². The lowest BCUT2D eigenvalue weighted by Gasteiger charge is -2.34. The maximum Gasteiger partial charge on any atom is 0.251 e. The number of likely N-dealkylation sites (tertiary alicyclic amines) is 1. The predicted molar refractivity (Wildman–Crippen MR) is 197 cm³/mol. The van der Waals surface area contributed by atoms with Crippen LogP contribution in [0.15, 0.2) is 110 Å². The third kappa shape index (κ3) is 7.90. The lowest BCUT2D eigenvalue weighted by Crippen LogP contribution is -2.45. The highest BCUT2D eigenvalue weighted by molar-refractivity contribution is 5.97. The second kappa shape index (κ2) is 15.4. The summed E-state index contributed by atoms with van der Waals surface area (Å²) in [4.78, 5) is 44.5. The lowest BCUT2D eigenvalue weighted by atomic mass is 9.98. The van der Waals surface area contributed by atoms with E-state index in [1.54, 1.807) is 12.4 Å². The first-order valence-corrected chi connectivity index (χ1v) is 17.6. The third-order valence-corrected chi connectivity index (χ3v) is 9.93. The maximum absolute atomic E-state index is 13.3. The summed E-state index contributed by atoms with van der Waals surface area (Å²) in [5, 5.41) is 6.52. The van der Waals surface area contributed by atoms with Crippen molar-refractivity contribution in [2.75, 3.05) is 31.1 Å². The summed E-state index contributed by atoms with van der Waals surface area (Å²) >= 11 is 0. The van der Waals surface area contributed by atoms with Gasteiger partial charge in [-0.05, 0) is 91.8 Å². The minimum absolute atomic E-state index is 0.0171. The largest absolute Gasteiger partial charge is 0.356 e. The number of carbonyl (C=O) groups excluding carboxylic acids is 2. The van der Waals surface area contributed by atoms with Crippen LogP contribution in [0.3, 0.4) is 0 Å². The molecule has 0 aliphatic carbocycles. The van der Waals surface area contributed by atoms with Gasteiger partial charge in [-0.25, -0.2) is 4.98 Å². The average molecular weight is 666 g/mol. The Balaban J connectivity index is 0.851. The molecule has 2 aromatic carbocycles. The highest BCUT2D eigenvalue weighted by Gasteiger charge is 2.24. The lowest BCUT2D eigenvalue weighted by molar-refractivity contribution is 0.0905. The van der Waals surface area contributed by atoms with Gasteiger partial charge in [0.05, 0.1) is 5.69 Å². The van der Waals surface area contributed by atoms with Crippen LogP contribution < -0.4 is 15.5 Å². The van der Waals surface area contributed by atoms with E-state index in [1.165, 1.54) is 5.56 Å². The standard InChI is InChI=1S/C41H43N7O2/c1-29-36(38-12-2-3-20-43-38)10-5-11-37(29)41(50)46-34-15-21-47(22-16-34)28-30-13-14-39(44-26-30)48-23-17-35(18-24-48)45-40(49)32-8-4-7-31(25-32)33-9-6-19-42-27-33/h2-14,19-20,25-27,34-35H,15-18,21-24,28H2,1H3,(H,45,49)(H,46,50). The Morgan fingerprint density at radius 1 is 0.720 bits per heavy atom. The summed E-state index contributed by atoms with van der Waals surface area (Å²) in [6.07, 6.45) is 10.9. The second-order valence-corrected chi connectivity index (χ2v) is 13.3. The minimum atomic E-state index is -0.0374. The van der Waals surface area contributed by atoms with Crippen molar-refractivity contribution >= 4 is 17.6 Å². The van der Waals surface area contributed by atoms with Crippen LogP contribution in [-0.4, -0.2) is 69.9 Å². The van der Waals surface area contributed by atoms with Crippen LogP contribution in [0.1, 0.15) is 57.5 Å². The molecule has 2 fully saturated rings. The van der Waals surface area contributed by atoms with E-state index in [2.05, 4.69) is 42.5 Å². The highest BCUT2D eigenvalue weighted by Crippen LogP contribution is 2.25. The Kier molecular flexibility index (Phi) is 10.2. The van der Waals surface area contributed by atoms with Gasteiger partial charge in [-0.15, -0.1) is 0 Å². The molecule has 2 saturated heterocycles. The quantitative estimate of drug-likeness (QED) is 0.190. The summed E-state index contributed by atoms with van der Waals surface area (Å²) in [6, 6.07) is 27.9. The molecule has 2 aliphatic heterocycles. The maximum atomic E-state index is 13.3. The number of anilines is 1. The van der Waals surface area contributed by atoms with Gasteiger partial charge in [-0.2, -0.15) is 0 Å². The van der Waals surface area contributed by atoms with Crippen LogP contribution in [0.5, 0.6) is 0 Å². The van der Waals surface area contributed by atoms with Crippen molar-refractivity contribution in [3.05, 3.63) is 132 Å². The van der Waals surface area contributed by atoms with Crippen molar-refractivity contribution in [3.63, 3.8) is 0 Å². The van der Waals surface area contributed by atoms with Crippen molar-refractivity contribution in [1.29, 1.82) is 0 Å². The van der Waals surface area contributed by atoms with E-state index in [0.717, 1.165) is 92.2 Å². The first kappa shape index (κ1) is 33.1. The van der Waals surface area contributed by atoms with Crippen molar-refractivity contribution < 1.29 is 9.59 Å². The van der Waals surface area contributed by atoms with Gasteiger partial charge < -0.3 is 15.5 Å². The topological polar surface area (TPSA) is 103 Å². The molecule has 2 aliphatic rings. The molecule has 0 saturated carbocycles. The summed E-state index contributed by atoms with van der Waals surface area (Å²) in [5.74, 6) is 0.924. The molecule has 0 atom stereocenters. The summed E-state index contributed by atoms with van der Waals surface area (Å²) in [7, 11) is 0. The van der Waals surface area contributed by atoms with E-state index in [4.69, 9.17) is 4.98 Å². The summed E-state index contributed by atoms with van der Waals surface area (Å²) in [5.41, 5.74) is 7.35. The second-order valence-electron chi connectivity index (χ2n) is 13.3.